The summed E-state index contributed by atoms with van der Waals surface area (Å²) in [6, 6.07) is 5.21. The maximum absolute atomic E-state index is 12.7. The highest BCUT2D eigenvalue weighted by molar-refractivity contribution is 5.76. The van der Waals surface area contributed by atoms with Crippen molar-refractivity contribution in [3.8, 4) is 0 Å². The van der Waals surface area contributed by atoms with Crippen molar-refractivity contribution in [1.29, 1.82) is 0 Å². The lowest BCUT2D eigenvalue weighted by molar-refractivity contribution is -0.137. The average Bonchev–Trinajstić information content (AvgIpc) is 3.18. The molecule has 1 atom stereocenters. The third kappa shape index (κ3) is 3.50. The van der Waals surface area contributed by atoms with Gasteiger partial charge in [0.25, 0.3) is 0 Å². The Balaban J connectivity index is 2.22. The number of amides is 1. The predicted molar refractivity (Wildman–Crippen MR) is 68.8 cm³/mol. The minimum atomic E-state index is -4.36. The summed E-state index contributed by atoms with van der Waals surface area (Å²) in [4.78, 5) is 13.0. The van der Waals surface area contributed by atoms with Gasteiger partial charge in [-0.15, -0.1) is 0 Å². The quantitative estimate of drug-likeness (QED) is 0.904. The first-order valence-electron chi connectivity index (χ1n) is 6.50. The molecule has 1 amide bonds. The number of rotatable bonds is 5. The van der Waals surface area contributed by atoms with Crippen LogP contribution in [0.1, 0.15) is 36.9 Å². The molecule has 0 saturated heterocycles. The molecule has 3 nitrogen and oxygen atoms in total. The van der Waals surface area contributed by atoms with Gasteiger partial charge in [-0.2, -0.15) is 13.2 Å². The molecule has 1 aromatic carbocycles. The summed E-state index contributed by atoms with van der Waals surface area (Å²) in [5.74, 6) is -0.462. The van der Waals surface area contributed by atoms with Crippen LogP contribution in [0.15, 0.2) is 24.3 Å². The number of nitrogens with two attached hydrogens (primary N) is 1. The van der Waals surface area contributed by atoms with E-state index in [9.17, 15) is 18.0 Å². The molecular weight excluding hydrogens is 269 g/mol. The summed E-state index contributed by atoms with van der Waals surface area (Å²) >= 11 is 0. The van der Waals surface area contributed by atoms with Crippen LogP contribution in [0.4, 0.5) is 13.2 Å². The van der Waals surface area contributed by atoms with Gasteiger partial charge in [0.1, 0.15) is 0 Å². The highest BCUT2D eigenvalue weighted by Gasteiger charge is 2.35. The first-order valence-corrected chi connectivity index (χ1v) is 6.50. The van der Waals surface area contributed by atoms with Crippen LogP contribution in [0, 0.1) is 0 Å². The molecule has 0 heterocycles. The summed E-state index contributed by atoms with van der Waals surface area (Å²) in [7, 11) is 0. The molecule has 1 saturated carbocycles. The van der Waals surface area contributed by atoms with Gasteiger partial charge in [0.15, 0.2) is 0 Å². The SMILES string of the molecule is CC(c1cccc(C(F)(F)F)c1)N(CC(N)=O)C1CC1. The largest absolute Gasteiger partial charge is 0.416 e. The minimum absolute atomic E-state index is 0.0715. The van der Waals surface area contributed by atoms with Gasteiger partial charge in [-0.1, -0.05) is 12.1 Å². The predicted octanol–water partition coefficient (Wildman–Crippen LogP) is 2.72. The van der Waals surface area contributed by atoms with Crippen molar-refractivity contribution < 1.29 is 18.0 Å². The second-order valence-electron chi connectivity index (χ2n) is 5.17. The molecule has 1 aliphatic rings. The van der Waals surface area contributed by atoms with Crippen LogP contribution >= 0.6 is 0 Å². The van der Waals surface area contributed by atoms with Gasteiger partial charge in [-0.25, -0.2) is 0 Å². The molecule has 20 heavy (non-hydrogen) atoms. The summed E-state index contributed by atoms with van der Waals surface area (Å²) in [5.41, 5.74) is 5.09. The Morgan fingerprint density at radius 2 is 2.10 bits per heavy atom. The number of benzene rings is 1. The maximum atomic E-state index is 12.7. The van der Waals surface area contributed by atoms with Crippen molar-refractivity contribution in [2.75, 3.05) is 6.54 Å². The molecule has 0 spiro atoms. The van der Waals surface area contributed by atoms with Crippen molar-refractivity contribution in [2.45, 2.75) is 38.0 Å². The zero-order valence-corrected chi connectivity index (χ0v) is 11.2. The third-order valence-corrected chi connectivity index (χ3v) is 3.55. The monoisotopic (exact) mass is 286 g/mol. The van der Waals surface area contributed by atoms with Crippen molar-refractivity contribution in [3.05, 3.63) is 35.4 Å². The molecular formula is C14H17F3N2O. The molecule has 0 radical (unpaired) electrons. The van der Waals surface area contributed by atoms with Crippen molar-refractivity contribution in [1.82, 2.24) is 4.90 Å². The number of alkyl halides is 3. The highest BCUT2D eigenvalue weighted by atomic mass is 19.4. The zero-order valence-electron chi connectivity index (χ0n) is 11.2. The Labute approximate surface area is 115 Å². The summed E-state index contributed by atoms with van der Waals surface area (Å²) in [5, 5.41) is 0. The number of carbonyl (C=O) groups is 1. The van der Waals surface area contributed by atoms with E-state index in [1.54, 1.807) is 13.0 Å². The zero-order chi connectivity index (χ0) is 14.9. The lowest BCUT2D eigenvalue weighted by Gasteiger charge is -2.28. The number of hydrogen-bond acceptors (Lipinski definition) is 2. The van der Waals surface area contributed by atoms with Crippen LogP contribution in [0.25, 0.3) is 0 Å². The summed E-state index contributed by atoms with van der Waals surface area (Å²) < 4.78 is 38.2. The Morgan fingerprint density at radius 3 is 2.60 bits per heavy atom. The molecule has 6 heteroatoms. The van der Waals surface area contributed by atoms with E-state index in [1.807, 2.05) is 4.90 Å². The van der Waals surface area contributed by atoms with Gasteiger partial charge >= 0.3 is 6.18 Å². The number of nitrogens with zero attached hydrogens (tertiary/aromatic N) is 1. The lowest BCUT2D eigenvalue weighted by Crippen LogP contribution is -2.37. The van der Waals surface area contributed by atoms with E-state index in [2.05, 4.69) is 0 Å². The number of carbonyl (C=O) groups excluding carboxylic acids is 1. The lowest BCUT2D eigenvalue weighted by atomic mass is 10.0. The average molecular weight is 286 g/mol. The van der Waals surface area contributed by atoms with Crippen molar-refractivity contribution in [3.63, 3.8) is 0 Å². The van der Waals surface area contributed by atoms with E-state index in [0.29, 0.717) is 5.56 Å². The first-order chi connectivity index (χ1) is 9.29. The molecule has 0 bridgehead atoms. The summed E-state index contributed by atoms with van der Waals surface area (Å²) in [6.07, 6.45) is -2.45. The van der Waals surface area contributed by atoms with Crippen LogP contribution < -0.4 is 5.73 Å². The van der Waals surface area contributed by atoms with E-state index < -0.39 is 17.6 Å². The second kappa shape index (κ2) is 5.44. The fourth-order valence-electron chi connectivity index (χ4n) is 2.33. The smallest absolute Gasteiger partial charge is 0.369 e. The molecule has 2 N–H and O–H groups in total. The maximum Gasteiger partial charge on any atom is 0.416 e. The Bertz CT molecular complexity index is 497. The Kier molecular flexibility index (Phi) is 4.04. The number of hydrogen-bond donors (Lipinski definition) is 1. The normalized spacial score (nSPS) is 17.2. The van der Waals surface area contributed by atoms with E-state index in [1.165, 1.54) is 6.07 Å². The van der Waals surface area contributed by atoms with Crippen LogP contribution in [0.2, 0.25) is 0 Å². The van der Waals surface area contributed by atoms with Gasteiger partial charge in [0.05, 0.1) is 12.1 Å². The van der Waals surface area contributed by atoms with E-state index in [-0.39, 0.29) is 18.6 Å². The Hall–Kier alpha value is -1.56. The van der Waals surface area contributed by atoms with Crippen LogP contribution in [-0.4, -0.2) is 23.4 Å². The van der Waals surface area contributed by atoms with Gasteiger partial charge in [-0.3, -0.25) is 9.69 Å². The first kappa shape index (κ1) is 14.8. The Morgan fingerprint density at radius 1 is 1.45 bits per heavy atom. The minimum Gasteiger partial charge on any atom is -0.369 e. The molecule has 0 aliphatic heterocycles. The van der Waals surface area contributed by atoms with E-state index >= 15 is 0 Å². The van der Waals surface area contributed by atoms with E-state index in [0.717, 1.165) is 25.0 Å². The fraction of sp³-hybridized carbons (Fsp3) is 0.500. The van der Waals surface area contributed by atoms with Gasteiger partial charge in [0, 0.05) is 12.1 Å². The molecule has 0 aromatic heterocycles. The molecule has 1 fully saturated rings. The number of primary amides is 1. The van der Waals surface area contributed by atoms with E-state index in [4.69, 9.17) is 5.73 Å². The van der Waals surface area contributed by atoms with Crippen LogP contribution in [-0.2, 0) is 11.0 Å². The fourth-order valence-corrected chi connectivity index (χ4v) is 2.33. The van der Waals surface area contributed by atoms with Gasteiger partial charge < -0.3 is 5.73 Å². The molecule has 1 aromatic rings. The third-order valence-electron chi connectivity index (χ3n) is 3.55. The van der Waals surface area contributed by atoms with Gasteiger partial charge in [-0.05, 0) is 37.5 Å². The molecule has 2 rings (SSSR count). The topological polar surface area (TPSA) is 46.3 Å². The summed E-state index contributed by atoms with van der Waals surface area (Å²) in [6.45, 7) is 1.87. The number of halogens is 3. The molecule has 1 aliphatic carbocycles. The standard InChI is InChI=1S/C14H17F3N2O/c1-9(19(8-13(18)20)12-5-6-12)10-3-2-4-11(7-10)14(15,16)17/h2-4,7,9,12H,5-6,8H2,1H3,(H2,18,20). The van der Waals surface area contributed by atoms with Crippen molar-refractivity contribution in [2.24, 2.45) is 5.73 Å². The second-order valence-corrected chi connectivity index (χ2v) is 5.17. The van der Waals surface area contributed by atoms with Crippen LogP contribution in [0.3, 0.4) is 0 Å². The van der Waals surface area contributed by atoms with Gasteiger partial charge in [0.2, 0.25) is 5.91 Å². The highest BCUT2D eigenvalue weighted by Crippen LogP contribution is 2.36. The van der Waals surface area contributed by atoms with Crippen LogP contribution in [0.5, 0.6) is 0 Å². The van der Waals surface area contributed by atoms with Crippen molar-refractivity contribution >= 4 is 5.91 Å². The molecule has 110 valence electrons. The molecule has 1 unspecified atom stereocenters.